The highest BCUT2D eigenvalue weighted by molar-refractivity contribution is 5.94. The molecule has 0 unspecified atom stereocenters. The Morgan fingerprint density at radius 2 is 2.16 bits per heavy atom. The molecule has 0 aliphatic heterocycles. The second-order valence-electron chi connectivity index (χ2n) is 6.50. The Morgan fingerprint density at radius 1 is 1.40 bits per heavy atom. The topological polar surface area (TPSA) is 64.4 Å². The number of ether oxygens (including phenoxy) is 1. The van der Waals surface area contributed by atoms with Crippen molar-refractivity contribution < 1.29 is 14.3 Å². The van der Waals surface area contributed by atoms with Gasteiger partial charge in [-0.15, -0.1) is 0 Å². The molecule has 1 aliphatic rings. The van der Waals surface area contributed by atoms with Gasteiger partial charge < -0.3 is 14.2 Å². The van der Waals surface area contributed by atoms with Crippen LogP contribution in [0.5, 0.6) is 5.75 Å². The SMILES string of the molecule is CC(=O)c1cccc(O[C@@H](C)C(=O)N(Cc2nccn2C)C2CC2)c1. The lowest BCUT2D eigenvalue weighted by Gasteiger charge is -2.26. The lowest BCUT2D eigenvalue weighted by atomic mass is 10.1. The minimum Gasteiger partial charge on any atom is -0.481 e. The molecule has 0 N–H and O–H groups in total. The van der Waals surface area contributed by atoms with Crippen molar-refractivity contribution in [1.29, 1.82) is 0 Å². The molecule has 1 heterocycles. The molecule has 2 aromatic rings. The van der Waals surface area contributed by atoms with Crippen LogP contribution in [-0.2, 0) is 18.4 Å². The first-order valence-electron chi connectivity index (χ1n) is 8.50. The lowest BCUT2D eigenvalue weighted by molar-refractivity contribution is -0.139. The minimum absolute atomic E-state index is 0.0289. The third kappa shape index (κ3) is 4.07. The molecule has 6 nitrogen and oxygen atoms in total. The number of benzene rings is 1. The zero-order chi connectivity index (χ0) is 18.0. The van der Waals surface area contributed by atoms with Crippen molar-refractivity contribution in [3.8, 4) is 5.75 Å². The van der Waals surface area contributed by atoms with E-state index in [0.717, 1.165) is 18.7 Å². The Balaban J connectivity index is 1.70. The molecule has 1 aromatic carbocycles. The van der Waals surface area contributed by atoms with Gasteiger partial charge in [0.25, 0.3) is 5.91 Å². The van der Waals surface area contributed by atoms with Crippen LogP contribution in [0.1, 0.15) is 42.9 Å². The largest absolute Gasteiger partial charge is 0.481 e. The lowest BCUT2D eigenvalue weighted by Crippen LogP contribution is -2.41. The Kier molecular flexibility index (Phi) is 4.88. The highest BCUT2D eigenvalue weighted by Crippen LogP contribution is 2.29. The molecule has 1 aromatic heterocycles. The summed E-state index contributed by atoms with van der Waals surface area (Å²) in [5, 5.41) is 0. The first kappa shape index (κ1) is 17.2. The van der Waals surface area contributed by atoms with Gasteiger partial charge in [0, 0.05) is 31.0 Å². The maximum absolute atomic E-state index is 12.9. The summed E-state index contributed by atoms with van der Waals surface area (Å²) < 4.78 is 7.73. The van der Waals surface area contributed by atoms with E-state index in [0.29, 0.717) is 17.9 Å². The van der Waals surface area contributed by atoms with Crippen molar-refractivity contribution in [2.75, 3.05) is 0 Å². The van der Waals surface area contributed by atoms with Crippen LogP contribution in [0.2, 0.25) is 0 Å². The molecule has 1 aliphatic carbocycles. The van der Waals surface area contributed by atoms with E-state index in [1.54, 1.807) is 37.4 Å². The van der Waals surface area contributed by atoms with E-state index in [1.807, 2.05) is 22.7 Å². The van der Waals surface area contributed by atoms with Crippen LogP contribution in [0.15, 0.2) is 36.7 Å². The minimum atomic E-state index is -0.622. The van der Waals surface area contributed by atoms with Crippen molar-refractivity contribution in [2.24, 2.45) is 7.05 Å². The number of nitrogens with zero attached hydrogens (tertiary/aromatic N) is 3. The molecular formula is C19H23N3O3. The van der Waals surface area contributed by atoms with Gasteiger partial charge in [-0.2, -0.15) is 0 Å². The number of carbonyl (C=O) groups is 2. The Hall–Kier alpha value is -2.63. The number of amides is 1. The van der Waals surface area contributed by atoms with Gasteiger partial charge in [0.1, 0.15) is 11.6 Å². The van der Waals surface area contributed by atoms with Crippen LogP contribution in [0, 0.1) is 0 Å². The second kappa shape index (κ2) is 7.09. The highest BCUT2D eigenvalue weighted by atomic mass is 16.5. The third-order valence-corrected chi connectivity index (χ3v) is 4.40. The number of aromatic nitrogens is 2. The molecule has 1 saturated carbocycles. The van der Waals surface area contributed by atoms with E-state index in [1.165, 1.54) is 6.92 Å². The number of rotatable bonds is 7. The molecule has 3 rings (SSSR count). The summed E-state index contributed by atoms with van der Waals surface area (Å²) in [7, 11) is 1.92. The molecule has 6 heteroatoms. The second-order valence-corrected chi connectivity index (χ2v) is 6.50. The van der Waals surface area contributed by atoms with Gasteiger partial charge in [-0.1, -0.05) is 12.1 Å². The van der Waals surface area contributed by atoms with Crippen LogP contribution in [0.25, 0.3) is 0 Å². The van der Waals surface area contributed by atoms with Crippen molar-refractivity contribution in [3.05, 3.63) is 48.0 Å². The summed E-state index contributed by atoms with van der Waals surface area (Å²) in [6, 6.07) is 7.19. The van der Waals surface area contributed by atoms with E-state index in [4.69, 9.17) is 4.74 Å². The summed E-state index contributed by atoms with van der Waals surface area (Å²) >= 11 is 0. The van der Waals surface area contributed by atoms with Gasteiger partial charge >= 0.3 is 0 Å². The predicted molar refractivity (Wildman–Crippen MR) is 93.3 cm³/mol. The number of carbonyl (C=O) groups excluding carboxylic acids is 2. The summed E-state index contributed by atoms with van der Waals surface area (Å²) in [6.07, 6.45) is 5.02. The van der Waals surface area contributed by atoms with Crippen molar-refractivity contribution in [3.63, 3.8) is 0 Å². The number of aryl methyl sites for hydroxylation is 1. The molecule has 1 atom stereocenters. The van der Waals surface area contributed by atoms with Crippen molar-refractivity contribution in [2.45, 2.75) is 45.4 Å². The smallest absolute Gasteiger partial charge is 0.264 e. The van der Waals surface area contributed by atoms with Gasteiger partial charge in [-0.25, -0.2) is 4.98 Å². The molecule has 25 heavy (non-hydrogen) atoms. The standard InChI is InChI=1S/C19H23N3O3/c1-13(23)15-5-4-6-17(11-15)25-14(2)19(24)22(16-7-8-16)12-18-20-9-10-21(18)3/h4-6,9-11,14,16H,7-8,12H2,1-3H3/t14-/m0/s1. The van der Waals surface area contributed by atoms with Gasteiger partial charge in [0.15, 0.2) is 11.9 Å². The molecular weight excluding hydrogens is 318 g/mol. The van der Waals surface area contributed by atoms with Gasteiger partial charge in [0.05, 0.1) is 6.54 Å². The fourth-order valence-corrected chi connectivity index (χ4v) is 2.75. The fourth-order valence-electron chi connectivity index (χ4n) is 2.75. The molecule has 1 fully saturated rings. The van der Waals surface area contributed by atoms with Gasteiger partial charge in [0.2, 0.25) is 0 Å². The highest BCUT2D eigenvalue weighted by Gasteiger charge is 2.36. The maximum atomic E-state index is 12.9. The van der Waals surface area contributed by atoms with E-state index in [9.17, 15) is 9.59 Å². The van der Waals surface area contributed by atoms with Crippen LogP contribution in [0.4, 0.5) is 0 Å². The molecule has 132 valence electrons. The van der Waals surface area contributed by atoms with Gasteiger partial charge in [-0.05, 0) is 38.8 Å². The van der Waals surface area contributed by atoms with Crippen LogP contribution < -0.4 is 4.74 Å². The number of hydrogen-bond donors (Lipinski definition) is 0. The first-order valence-corrected chi connectivity index (χ1v) is 8.50. The first-order chi connectivity index (χ1) is 12.0. The molecule has 1 amide bonds. The predicted octanol–water partition coefficient (Wildman–Crippen LogP) is 2.58. The van der Waals surface area contributed by atoms with Gasteiger partial charge in [-0.3, -0.25) is 9.59 Å². The van der Waals surface area contributed by atoms with Crippen molar-refractivity contribution in [1.82, 2.24) is 14.5 Å². The number of imidazole rings is 1. The molecule has 0 bridgehead atoms. The summed E-state index contributed by atoms with van der Waals surface area (Å²) in [4.78, 5) is 30.5. The Labute approximate surface area is 147 Å². The maximum Gasteiger partial charge on any atom is 0.264 e. The normalized spacial score (nSPS) is 14.8. The summed E-state index contributed by atoms with van der Waals surface area (Å²) in [5.41, 5.74) is 0.573. The Morgan fingerprint density at radius 3 is 2.76 bits per heavy atom. The monoisotopic (exact) mass is 341 g/mol. The van der Waals surface area contributed by atoms with Crippen LogP contribution in [-0.4, -0.2) is 38.3 Å². The summed E-state index contributed by atoms with van der Waals surface area (Å²) in [5.74, 6) is 1.30. The van der Waals surface area contributed by atoms with E-state index < -0.39 is 6.10 Å². The quantitative estimate of drug-likeness (QED) is 0.726. The Bertz CT molecular complexity index is 780. The van der Waals surface area contributed by atoms with Crippen molar-refractivity contribution >= 4 is 11.7 Å². The molecule has 0 radical (unpaired) electrons. The fraction of sp³-hybridized carbons (Fsp3) is 0.421. The van der Waals surface area contributed by atoms with Crippen LogP contribution >= 0.6 is 0 Å². The third-order valence-electron chi connectivity index (χ3n) is 4.40. The zero-order valence-corrected chi connectivity index (χ0v) is 14.8. The number of Topliss-reactive ketones (excluding diaryl/α,β-unsaturated/α-hetero) is 1. The van der Waals surface area contributed by atoms with E-state index in [-0.39, 0.29) is 17.7 Å². The average molecular weight is 341 g/mol. The van der Waals surface area contributed by atoms with Crippen LogP contribution in [0.3, 0.4) is 0 Å². The molecule has 0 spiro atoms. The number of ketones is 1. The molecule has 0 saturated heterocycles. The average Bonchev–Trinajstić information content (AvgIpc) is 3.35. The van der Waals surface area contributed by atoms with E-state index in [2.05, 4.69) is 4.98 Å². The summed E-state index contributed by atoms with van der Waals surface area (Å²) in [6.45, 7) is 3.74. The number of hydrogen-bond acceptors (Lipinski definition) is 4. The van der Waals surface area contributed by atoms with E-state index >= 15 is 0 Å². The zero-order valence-electron chi connectivity index (χ0n) is 14.8.